The number of hydrogen-bond donors (Lipinski definition) is 3. The fraction of sp³-hybridized carbons (Fsp3) is 0.182. The molecule has 3 heterocycles. The number of aromatic nitrogens is 3. The number of carbonyl (C=O) groups is 1. The highest BCUT2D eigenvalue weighted by Gasteiger charge is 2.20. The molecule has 1 aliphatic rings. The third kappa shape index (κ3) is 1.63. The van der Waals surface area contributed by atoms with E-state index < -0.39 is 0 Å². The van der Waals surface area contributed by atoms with Crippen LogP contribution in [0.2, 0.25) is 0 Å². The monoisotopic (exact) mass is 229 g/mol. The first-order chi connectivity index (χ1) is 8.24. The smallest absolute Gasteiger partial charge is 0.253 e. The van der Waals surface area contributed by atoms with E-state index in [4.69, 9.17) is 5.73 Å². The zero-order valence-electron chi connectivity index (χ0n) is 9.03. The molecule has 2 aromatic heterocycles. The maximum atomic E-state index is 11.6. The minimum atomic E-state index is -0.0456. The van der Waals surface area contributed by atoms with Crippen molar-refractivity contribution in [3.05, 3.63) is 29.6 Å². The van der Waals surface area contributed by atoms with Gasteiger partial charge >= 0.3 is 0 Å². The van der Waals surface area contributed by atoms with Gasteiger partial charge in [-0.25, -0.2) is 9.97 Å². The molecule has 0 fully saturated rings. The van der Waals surface area contributed by atoms with Crippen LogP contribution in [-0.4, -0.2) is 27.4 Å². The van der Waals surface area contributed by atoms with E-state index in [9.17, 15) is 4.79 Å². The minimum Gasteiger partial charge on any atom is -0.368 e. The lowest BCUT2D eigenvalue weighted by Crippen LogP contribution is -2.31. The van der Waals surface area contributed by atoms with Gasteiger partial charge in [-0.15, -0.1) is 0 Å². The molecule has 1 aliphatic heterocycles. The number of nitrogens with zero attached hydrogens (tertiary/aromatic N) is 2. The van der Waals surface area contributed by atoms with Crippen LogP contribution in [0.5, 0.6) is 0 Å². The Morgan fingerprint density at radius 3 is 3.06 bits per heavy atom. The molecule has 0 atom stereocenters. The van der Waals surface area contributed by atoms with Gasteiger partial charge in [0, 0.05) is 24.9 Å². The first-order valence-electron chi connectivity index (χ1n) is 5.33. The summed E-state index contributed by atoms with van der Waals surface area (Å²) in [7, 11) is 0. The molecular weight excluding hydrogens is 218 g/mol. The Morgan fingerprint density at radius 2 is 2.29 bits per heavy atom. The number of nitrogen functional groups attached to an aromatic ring is 1. The van der Waals surface area contributed by atoms with Crippen molar-refractivity contribution in [3.8, 4) is 11.4 Å². The van der Waals surface area contributed by atoms with Crippen LogP contribution < -0.4 is 11.1 Å². The van der Waals surface area contributed by atoms with Gasteiger partial charge in [0.1, 0.15) is 0 Å². The molecule has 3 rings (SSSR count). The number of anilines is 1. The van der Waals surface area contributed by atoms with Crippen LogP contribution in [0.1, 0.15) is 16.1 Å². The number of hydrogen-bond acceptors (Lipinski definition) is 4. The van der Waals surface area contributed by atoms with E-state index in [0.29, 0.717) is 17.8 Å². The lowest BCUT2D eigenvalue weighted by Gasteiger charge is -2.10. The van der Waals surface area contributed by atoms with Crippen LogP contribution in [0.25, 0.3) is 11.4 Å². The Balaban J connectivity index is 2.08. The molecule has 0 bridgehead atoms. The van der Waals surface area contributed by atoms with Crippen molar-refractivity contribution in [2.75, 3.05) is 12.3 Å². The molecule has 0 aliphatic carbocycles. The summed E-state index contributed by atoms with van der Waals surface area (Å²) in [6, 6.07) is 3.55. The molecule has 0 unspecified atom stereocenters. The lowest BCUT2D eigenvalue weighted by atomic mass is 10.1. The molecule has 6 nitrogen and oxygen atoms in total. The average molecular weight is 229 g/mol. The molecule has 2 aromatic rings. The number of nitrogens with two attached hydrogens (primary N) is 1. The zero-order chi connectivity index (χ0) is 11.8. The third-order valence-electron chi connectivity index (χ3n) is 2.75. The predicted molar refractivity (Wildman–Crippen MR) is 62.3 cm³/mol. The molecule has 6 heteroatoms. The number of carbonyl (C=O) groups excluding carboxylic acids is 1. The van der Waals surface area contributed by atoms with E-state index in [1.807, 2.05) is 0 Å². The van der Waals surface area contributed by atoms with Crippen LogP contribution in [-0.2, 0) is 6.42 Å². The van der Waals surface area contributed by atoms with Gasteiger partial charge in [-0.3, -0.25) is 4.79 Å². The molecule has 86 valence electrons. The van der Waals surface area contributed by atoms with E-state index in [-0.39, 0.29) is 11.9 Å². The van der Waals surface area contributed by atoms with E-state index in [1.54, 1.807) is 18.3 Å². The fourth-order valence-electron chi connectivity index (χ4n) is 1.96. The standard InChI is InChI=1S/C11H11N5O/c12-11-14-4-2-8(16-11)9-5-6-7(15-9)1-3-13-10(6)17/h2,4-5,15H,1,3H2,(H,13,17)(H2,12,14,16). The van der Waals surface area contributed by atoms with Gasteiger partial charge in [-0.1, -0.05) is 0 Å². The van der Waals surface area contributed by atoms with Crippen molar-refractivity contribution < 1.29 is 4.79 Å². The number of aromatic amines is 1. The van der Waals surface area contributed by atoms with Gasteiger partial charge < -0.3 is 16.0 Å². The summed E-state index contributed by atoms with van der Waals surface area (Å²) in [5, 5.41) is 2.80. The first kappa shape index (κ1) is 9.83. The number of H-pyrrole nitrogens is 1. The Labute approximate surface area is 97.3 Å². The van der Waals surface area contributed by atoms with E-state index in [0.717, 1.165) is 17.8 Å². The van der Waals surface area contributed by atoms with Gasteiger partial charge in [0.15, 0.2) is 0 Å². The van der Waals surface area contributed by atoms with Gasteiger partial charge in [0.2, 0.25) is 5.95 Å². The third-order valence-corrected chi connectivity index (χ3v) is 2.75. The van der Waals surface area contributed by atoms with E-state index in [2.05, 4.69) is 20.3 Å². The van der Waals surface area contributed by atoms with Crippen LogP contribution >= 0.6 is 0 Å². The summed E-state index contributed by atoms with van der Waals surface area (Å²) in [4.78, 5) is 22.8. The molecule has 17 heavy (non-hydrogen) atoms. The lowest BCUT2D eigenvalue weighted by molar-refractivity contribution is 0.0946. The maximum Gasteiger partial charge on any atom is 0.253 e. The summed E-state index contributed by atoms with van der Waals surface area (Å²) in [5.74, 6) is 0.176. The molecule has 0 spiro atoms. The van der Waals surface area contributed by atoms with Crippen molar-refractivity contribution in [1.29, 1.82) is 0 Å². The molecule has 4 N–H and O–H groups in total. The zero-order valence-corrected chi connectivity index (χ0v) is 9.03. The Kier molecular flexibility index (Phi) is 2.07. The van der Waals surface area contributed by atoms with Crippen molar-refractivity contribution in [2.24, 2.45) is 0 Å². The highest BCUT2D eigenvalue weighted by molar-refractivity contribution is 5.97. The summed E-state index contributed by atoms with van der Waals surface area (Å²) < 4.78 is 0. The second kappa shape index (κ2) is 3.58. The van der Waals surface area contributed by atoms with Crippen molar-refractivity contribution >= 4 is 11.9 Å². The van der Waals surface area contributed by atoms with Gasteiger partial charge in [-0.2, -0.15) is 0 Å². The Morgan fingerprint density at radius 1 is 1.41 bits per heavy atom. The summed E-state index contributed by atoms with van der Waals surface area (Å²) in [5.41, 5.74) is 8.65. The number of fused-ring (bicyclic) bond motifs is 1. The molecule has 0 radical (unpaired) electrons. The van der Waals surface area contributed by atoms with Gasteiger partial charge in [-0.05, 0) is 12.1 Å². The van der Waals surface area contributed by atoms with Crippen molar-refractivity contribution in [2.45, 2.75) is 6.42 Å². The highest BCUT2D eigenvalue weighted by Crippen LogP contribution is 2.22. The first-order valence-corrected chi connectivity index (χ1v) is 5.33. The van der Waals surface area contributed by atoms with Crippen LogP contribution in [0.4, 0.5) is 5.95 Å². The van der Waals surface area contributed by atoms with E-state index >= 15 is 0 Å². The molecule has 0 aromatic carbocycles. The van der Waals surface area contributed by atoms with Gasteiger partial charge in [0.25, 0.3) is 5.91 Å². The normalized spacial score (nSPS) is 14.2. The Hall–Kier alpha value is -2.37. The highest BCUT2D eigenvalue weighted by atomic mass is 16.1. The minimum absolute atomic E-state index is 0.0456. The topological polar surface area (TPSA) is 96.7 Å². The second-order valence-electron chi connectivity index (χ2n) is 3.88. The summed E-state index contributed by atoms with van der Waals surface area (Å²) >= 11 is 0. The van der Waals surface area contributed by atoms with E-state index in [1.165, 1.54) is 0 Å². The number of rotatable bonds is 1. The van der Waals surface area contributed by atoms with Crippen LogP contribution in [0, 0.1) is 0 Å². The average Bonchev–Trinajstić information content (AvgIpc) is 2.74. The van der Waals surface area contributed by atoms with Crippen molar-refractivity contribution in [3.63, 3.8) is 0 Å². The molecular formula is C11H11N5O. The largest absolute Gasteiger partial charge is 0.368 e. The van der Waals surface area contributed by atoms with Gasteiger partial charge in [0.05, 0.1) is 17.0 Å². The van der Waals surface area contributed by atoms with Crippen LogP contribution in [0.15, 0.2) is 18.3 Å². The number of nitrogens with one attached hydrogen (secondary N) is 2. The summed E-state index contributed by atoms with van der Waals surface area (Å²) in [6.07, 6.45) is 2.40. The quantitative estimate of drug-likeness (QED) is 0.656. The molecule has 0 saturated heterocycles. The second-order valence-corrected chi connectivity index (χ2v) is 3.88. The van der Waals surface area contributed by atoms with Crippen molar-refractivity contribution in [1.82, 2.24) is 20.3 Å². The Bertz CT molecular complexity index is 589. The molecule has 0 saturated carbocycles. The fourth-order valence-corrected chi connectivity index (χ4v) is 1.96. The predicted octanol–water partition coefficient (Wildman–Crippen LogP) is 0.340. The summed E-state index contributed by atoms with van der Waals surface area (Å²) in [6.45, 7) is 0.664. The van der Waals surface area contributed by atoms with Crippen LogP contribution in [0.3, 0.4) is 0 Å². The maximum absolute atomic E-state index is 11.6. The SMILES string of the molecule is Nc1nccc(-c2cc3c([nH]2)CCNC3=O)n1. The molecule has 1 amide bonds. The number of amides is 1.